The lowest BCUT2D eigenvalue weighted by atomic mass is 10.1. The predicted molar refractivity (Wildman–Crippen MR) is 96.2 cm³/mol. The zero-order valence-corrected chi connectivity index (χ0v) is 15.6. The molecule has 6 nitrogen and oxygen atoms in total. The van der Waals surface area contributed by atoms with Crippen LogP contribution < -0.4 is 10.6 Å². The molecule has 8 heteroatoms. The van der Waals surface area contributed by atoms with Crippen LogP contribution in [0.2, 0.25) is 5.02 Å². The van der Waals surface area contributed by atoms with Gasteiger partial charge < -0.3 is 10.6 Å². The SMILES string of the molecule is CCCNC(=O)c1ccc(Cl)cc1NC(=O)CS(=O)(=O)CC(C)C. The molecule has 0 aromatic heterocycles. The van der Waals surface area contributed by atoms with Gasteiger partial charge in [-0.25, -0.2) is 8.42 Å². The van der Waals surface area contributed by atoms with E-state index >= 15 is 0 Å². The highest BCUT2D eigenvalue weighted by atomic mass is 35.5. The Labute approximate surface area is 147 Å². The van der Waals surface area contributed by atoms with Crippen molar-refractivity contribution in [3.05, 3.63) is 28.8 Å². The topological polar surface area (TPSA) is 92.3 Å². The molecule has 2 N–H and O–H groups in total. The smallest absolute Gasteiger partial charge is 0.253 e. The summed E-state index contributed by atoms with van der Waals surface area (Å²) >= 11 is 5.91. The van der Waals surface area contributed by atoms with E-state index in [2.05, 4.69) is 10.6 Å². The Morgan fingerprint density at radius 3 is 2.50 bits per heavy atom. The third-order valence-electron chi connectivity index (χ3n) is 2.97. The number of halogens is 1. The van der Waals surface area contributed by atoms with Gasteiger partial charge in [-0.05, 0) is 30.5 Å². The molecule has 134 valence electrons. The third kappa shape index (κ3) is 6.88. The molecule has 0 aliphatic carbocycles. The van der Waals surface area contributed by atoms with Crippen molar-refractivity contribution < 1.29 is 18.0 Å². The summed E-state index contributed by atoms with van der Waals surface area (Å²) in [5.74, 6) is -1.81. The molecule has 0 fully saturated rings. The van der Waals surface area contributed by atoms with Crippen molar-refractivity contribution in [1.29, 1.82) is 0 Å². The molecule has 0 aliphatic heterocycles. The van der Waals surface area contributed by atoms with Crippen molar-refractivity contribution in [2.45, 2.75) is 27.2 Å². The summed E-state index contributed by atoms with van der Waals surface area (Å²) in [6, 6.07) is 4.45. The van der Waals surface area contributed by atoms with Crippen LogP contribution in [-0.2, 0) is 14.6 Å². The molecule has 2 amide bonds. The molecule has 0 radical (unpaired) electrons. The van der Waals surface area contributed by atoms with E-state index < -0.39 is 21.5 Å². The molecule has 1 aromatic carbocycles. The number of carbonyl (C=O) groups is 2. The number of amides is 2. The highest BCUT2D eigenvalue weighted by Crippen LogP contribution is 2.21. The van der Waals surface area contributed by atoms with Crippen LogP contribution in [0.3, 0.4) is 0 Å². The summed E-state index contributed by atoms with van der Waals surface area (Å²) in [5.41, 5.74) is 0.434. The van der Waals surface area contributed by atoms with Gasteiger partial charge in [0.1, 0.15) is 5.75 Å². The van der Waals surface area contributed by atoms with Gasteiger partial charge in [-0.2, -0.15) is 0 Å². The Balaban J connectivity index is 2.91. The second-order valence-corrected chi connectivity index (χ2v) is 8.49. The van der Waals surface area contributed by atoms with Gasteiger partial charge in [0, 0.05) is 11.6 Å². The van der Waals surface area contributed by atoms with E-state index in [1.54, 1.807) is 13.8 Å². The minimum Gasteiger partial charge on any atom is -0.352 e. The van der Waals surface area contributed by atoms with Gasteiger partial charge in [0.25, 0.3) is 5.91 Å². The normalized spacial score (nSPS) is 11.4. The third-order valence-corrected chi connectivity index (χ3v) is 5.09. The van der Waals surface area contributed by atoms with Crippen LogP contribution in [0.15, 0.2) is 18.2 Å². The highest BCUT2D eigenvalue weighted by molar-refractivity contribution is 7.92. The Bertz CT molecular complexity index is 702. The van der Waals surface area contributed by atoms with Crippen LogP contribution in [0.1, 0.15) is 37.6 Å². The summed E-state index contributed by atoms with van der Waals surface area (Å²) in [7, 11) is -3.50. The quantitative estimate of drug-likeness (QED) is 0.731. The Hall–Kier alpha value is -1.60. The van der Waals surface area contributed by atoms with Gasteiger partial charge in [0.15, 0.2) is 9.84 Å². The van der Waals surface area contributed by atoms with E-state index in [0.29, 0.717) is 11.6 Å². The van der Waals surface area contributed by atoms with Crippen molar-refractivity contribution in [2.24, 2.45) is 5.92 Å². The number of benzene rings is 1. The number of carbonyl (C=O) groups excluding carboxylic acids is 2. The van der Waals surface area contributed by atoms with Crippen LogP contribution >= 0.6 is 11.6 Å². The first kappa shape index (κ1) is 20.4. The van der Waals surface area contributed by atoms with E-state index in [9.17, 15) is 18.0 Å². The summed E-state index contributed by atoms with van der Waals surface area (Å²) < 4.78 is 23.8. The van der Waals surface area contributed by atoms with E-state index in [1.807, 2.05) is 6.92 Å². The van der Waals surface area contributed by atoms with E-state index in [4.69, 9.17) is 11.6 Å². The average Bonchev–Trinajstić information content (AvgIpc) is 2.42. The van der Waals surface area contributed by atoms with E-state index in [0.717, 1.165) is 6.42 Å². The summed E-state index contributed by atoms with van der Waals surface area (Å²) in [6.07, 6.45) is 0.772. The van der Waals surface area contributed by atoms with E-state index in [1.165, 1.54) is 18.2 Å². The van der Waals surface area contributed by atoms with Crippen molar-refractivity contribution in [1.82, 2.24) is 5.32 Å². The molecule has 24 heavy (non-hydrogen) atoms. The minimum atomic E-state index is -3.50. The van der Waals surface area contributed by atoms with Crippen molar-refractivity contribution in [3.8, 4) is 0 Å². The van der Waals surface area contributed by atoms with Crippen molar-refractivity contribution >= 4 is 38.9 Å². The number of hydrogen-bond donors (Lipinski definition) is 2. The number of sulfone groups is 1. The molecule has 0 bridgehead atoms. The maximum Gasteiger partial charge on any atom is 0.253 e. The Morgan fingerprint density at radius 2 is 1.92 bits per heavy atom. The maximum atomic E-state index is 12.1. The molecular formula is C16H23ClN2O4S. The lowest BCUT2D eigenvalue weighted by Gasteiger charge is -2.12. The van der Waals surface area contributed by atoms with Crippen LogP contribution in [-0.4, -0.2) is 38.3 Å². The van der Waals surface area contributed by atoms with Gasteiger partial charge in [0.05, 0.1) is 17.0 Å². The zero-order valence-electron chi connectivity index (χ0n) is 14.1. The highest BCUT2D eigenvalue weighted by Gasteiger charge is 2.20. The zero-order chi connectivity index (χ0) is 18.3. The van der Waals surface area contributed by atoms with Crippen molar-refractivity contribution in [2.75, 3.05) is 23.4 Å². The number of nitrogens with one attached hydrogen (secondary N) is 2. The molecule has 0 spiro atoms. The molecule has 0 aliphatic rings. The maximum absolute atomic E-state index is 12.1. The molecule has 1 aromatic rings. The monoisotopic (exact) mass is 374 g/mol. The first-order valence-electron chi connectivity index (χ1n) is 7.72. The standard InChI is InChI=1S/C16H23ClN2O4S/c1-4-7-18-16(21)13-6-5-12(17)8-14(13)19-15(20)10-24(22,23)9-11(2)3/h5-6,8,11H,4,7,9-10H2,1-3H3,(H,18,21)(H,19,20). The van der Waals surface area contributed by atoms with Crippen LogP contribution in [0.25, 0.3) is 0 Å². The predicted octanol–water partition coefficient (Wildman–Crippen LogP) is 2.49. The second-order valence-electron chi connectivity index (χ2n) is 5.94. The van der Waals surface area contributed by atoms with Crippen molar-refractivity contribution in [3.63, 3.8) is 0 Å². The lowest BCUT2D eigenvalue weighted by molar-refractivity contribution is -0.113. The van der Waals surface area contributed by atoms with Crippen LogP contribution in [0.5, 0.6) is 0 Å². The fourth-order valence-electron chi connectivity index (χ4n) is 2.10. The molecule has 1 rings (SSSR count). The summed E-state index contributed by atoms with van der Waals surface area (Å²) in [5, 5.41) is 5.51. The van der Waals surface area contributed by atoms with Gasteiger partial charge >= 0.3 is 0 Å². The van der Waals surface area contributed by atoms with Gasteiger partial charge in [-0.1, -0.05) is 32.4 Å². The lowest BCUT2D eigenvalue weighted by Crippen LogP contribution is -2.29. The Morgan fingerprint density at radius 1 is 1.25 bits per heavy atom. The fourth-order valence-corrected chi connectivity index (χ4v) is 3.88. The van der Waals surface area contributed by atoms with Gasteiger partial charge in [0.2, 0.25) is 5.91 Å². The number of hydrogen-bond acceptors (Lipinski definition) is 4. The Kier molecular flexibility index (Phi) is 7.69. The first-order valence-corrected chi connectivity index (χ1v) is 9.92. The van der Waals surface area contributed by atoms with Gasteiger partial charge in [-0.3, -0.25) is 9.59 Å². The molecule has 0 saturated heterocycles. The first-order chi connectivity index (χ1) is 11.1. The number of anilines is 1. The largest absolute Gasteiger partial charge is 0.352 e. The van der Waals surface area contributed by atoms with Crippen LogP contribution in [0.4, 0.5) is 5.69 Å². The molecule has 0 unspecified atom stereocenters. The van der Waals surface area contributed by atoms with Gasteiger partial charge in [-0.15, -0.1) is 0 Å². The van der Waals surface area contributed by atoms with E-state index in [-0.39, 0.29) is 28.8 Å². The summed E-state index contributed by atoms with van der Waals surface area (Å²) in [6.45, 7) is 5.95. The summed E-state index contributed by atoms with van der Waals surface area (Å²) in [4.78, 5) is 24.2. The van der Waals surface area contributed by atoms with Crippen LogP contribution in [0, 0.1) is 5.92 Å². The molecular weight excluding hydrogens is 352 g/mol. The minimum absolute atomic E-state index is 0.0654. The molecule has 0 saturated carbocycles. The molecule has 0 atom stereocenters. The second kappa shape index (κ2) is 9.03. The number of rotatable bonds is 8. The molecule has 0 heterocycles. The average molecular weight is 375 g/mol. The fraction of sp³-hybridized carbons (Fsp3) is 0.500.